The zero-order chi connectivity index (χ0) is 18.9. The van der Waals surface area contributed by atoms with Crippen LogP contribution in [0.5, 0.6) is 0 Å². The molecule has 0 aliphatic heterocycles. The van der Waals surface area contributed by atoms with Gasteiger partial charge in [0.15, 0.2) is 5.82 Å². The van der Waals surface area contributed by atoms with E-state index < -0.39 is 5.91 Å². The number of carbonyl (C=O) groups excluding carboxylic acids is 1. The Bertz CT molecular complexity index is 1030. The summed E-state index contributed by atoms with van der Waals surface area (Å²) in [4.78, 5) is 29.0. The van der Waals surface area contributed by atoms with Crippen molar-refractivity contribution in [2.45, 2.75) is 24.9 Å². The van der Waals surface area contributed by atoms with Gasteiger partial charge in [-0.1, -0.05) is 60.7 Å². The molecule has 1 aliphatic rings. The number of hydrogen-bond donors (Lipinski definition) is 2. The third-order valence-corrected chi connectivity index (χ3v) is 4.87. The van der Waals surface area contributed by atoms with Gasteiger partial charge < -0.3 is 11.1 Å². The van der Waals surface area contributed by atoms with E-state index in [2.05, 4.69) is 10.3 Å². The minimum atomic E-state index is -0.573. The summed E-state index contributed by atoms with van der Waals surface area (Å²) in [6, 6.07) is 19.4. The summed E-state index contributed by atoms with van der Waals surface area (Å²) < 4.78 is 1.38. The fourth-order valence-corrected chi connectivity index (χ4v) is 3.32. The van der Waals surface area contributed by atoms with Crippen LogP contribution < -0.4 is 16.6 Å². The second-order valence-electron chi connectivity index (χ2n) is 6.79. The van der Waals surface area contributed by atoms with Gasteiger partial charge in [0.05, 0.1) is 17.4 Å². The third-order valence-electron chi connectivity index (χ3n) is 4.87. The molecule has 0 atom stereocenters. The number of benzene rings is 2. The molecule has 27 heavy (non-hydrogen) atoms. The average Bonchev–Trinajstić information content (AvgIpc) is 3.47. The number of nitrogens with one attached hydrogen (secondary N) is 1. The highest BCUT2D eigenvalue weighted by Crippen LogP contribution is 2.47. The smallest absolute Gasteiger partial charge is 0.294 e. The second-order valence-corrected chi connectivity index (χ2v) is 6.79. The van der Waals surface area contributed by atoms with Crippen molar-refractivity contribution in [2.75, 3.05) is 5.32 Å². The highest BCUT2D eigenvalue weighted by Gasteiger charge is 2.45. The Balaban J connectivity index is 1.75. The molecule has 3 N–H and O–H groups in total. The van der Waals surface area contributed by atoms with Crippen LogP contribution in [0.4, 0.5) is 5.82 Å². The van der Waals surface area contributed by atoms with E-state index in [-0.39, 0.29) is 23.5 Å². The molecule has 4 rings (SSSR count). The summed E-state index contributed by atoms with van der Waals surface area (Å²) in [6.07, 6.45) is 3.46. The lowest BCUT2D eigenvalue weighted by atomic mass is 10.1. The van der Waals surface area contributed by atoms with Crippen molar-refractivity contribution < 1.29 is 4.79 Å². The topological polar surface area (TPSA) is 90.0 Å². The number of aromatic nitrogens is 2. The van der Waals surface area contributed by atoms with Gasteiger partial charge in [0.25, 0.3) is 5.56 Å². The summed E-state index contributed by atoms with van der Waals surface area (Å²) in [5.41, 5.74) is 7.25. The molecule has 0 saturated heterocycles. The Hall–Kier alpha value is -3.41. The highest BCUT2D eigenvalue weighted by molar-refractivity contribution is 5.75. The molecule has 1 amide bonds. The fourth-order valence-electron chi connectivity index (χ4n) is 3.32. The Morgan fingerprint density at radius 3 is 2.30 bits per heavy atom. The number of nitrogens with zero attached hydrogens (tertiary/aromatic N) is 2. The Labute approximate surface area is 156 Å². The first-order valence-corrected chi connectivity index (χ1v) is 8.86. The van der Waals surface area contributed by atoms with E-state index in [0.717, 1.165) is 24.0 Å². The van der Waals surface area contributed by atoms with Gasteiger partial charge in [-0.05, 0) is 24.0 Å². The van der Waals surface area contributed by atoms with Crippen molar-refractivity contribution in [3.05, 3.63) is 82.8 Å². The van der Waals surface area contributed by atoms with E-state index in [1.54, 1.807) is 6.20 Å². The Morgan fingerprint density at radius 2 is 1.70 bits per heavy atom. The third kappa shape index (κ3) is 3.33. The standard InChI is InChI=1S/C21H20N4O2/c22-18(26)14-25-17(15-7-3-1-4-8-15)13-23-19(20(25)27)24-21(11-12-21)16-9-5-2-6-10-16/h1-10,13H,11-12,14H2,(H2,22,26)(H,23,24). The zero-order valence-electron chi connectivity index (χ0n) is 14.8. The monoisotopic (exact) mass is 360 g/mol. The van der Waals surface area contributed by atoms with Crippen LogP contribution in [0.3, 0.4) is 0 Å². The zero-order valence-corrected chi connectivity index (χ0v) is 14.8. The van der Waals surface area contributed by atoms with Crippen LogP contribution in [0.1, 0.15) is 18.4 Å². The van der Waals surface area contributed by atoms with Crippen LogP contribution >= 0.6 is 0 Å². The minimum Gasteiger partial charge on any atom is -0.368 e. The molecule has 0 spiro atoms. The molecule has 3 aromatic rings. The van der Waals surface area contributed by atoms with Crippen molar-refractivity contribution >= 4 is 11.7 Å². The summed E-state index contributed by atoms with van der Waals surface area (Å²) in [5, 5.41) is 3.31. The molecular formula is C21H20N4O2. The summed E-state index contributed by atoms with van der Waals surface area (Å²) in [5.74, 6) is -0.340. The van der Waals surface area contributed by atoms with Crippen molar-refractivity contribution in [1.82, 2.24) is 9.55 Å². The van der Waals surface area contributed by atoms with Crippen LogP contribution in [0, 0.1) is 0 Å². The quantitative estimate of drug-likeness (QED) is 0.707. The predicted octanol–water partition coefficient (Wildman–Crippen LogP) is 2.50. The maximum Gasteiger partial charge on any atom is 0.294 e. The first-order chi connectivity index (χ1) is 13.1. The van der Waals surface area contributed by atoms with Gasteiger partial charge in [-0.3, -0.25) is 14.2 Å². The number of carbonyl (C=O) groups is 1. The van der Waals surface area contributed by atoms with E-state index in [1.165, 1.54) is 4.57 Å². The SMILES string of the molecule is NC(=O)Cn1c(-c2ccccc2)cnc(NC2(c3ccccc3)CC2)c1=O. The van der Waals surface area contributed by atoms with Crippen molar-refractivity contribution in [3.63, 3.8) is 0 Å². The molecule has 6 nitrogen and oxygen atoms in total. The first kappa shape index (κ1) is 17.0. The minimum absolute atomic E-state index is 0.196. The molecule has 0 bridgehead atoms. The van der Waals surface area contributed by atoms with Crippen LogP contribution in [0.25, 0.3) is 11.3 Å². The average molecular weight is 360 g/mol. The van der Waals surface area contributed by atoms with Gasteiger partial charge in [-0.25, -0.2) is 4.98 Å². The summed E-state index contributed by atoms with van der Waals surface area (Å²) in [6.45, 7) is -0.196. The first-order valence-electron chi connectivity index (χ1n) is 8.86. The number of amides is 1. The normalized spacial score (nSPS) is 14.5. The molecule has 2 aromatic carbocycles. The Kier molecular flexibility index (Phi) is 4.24. The maximum absolute atomic E-state index is 13.1. The summed E-state index contributed by atoms with van der Waals surface area (Å²) >= 11 is 0. The number of nitrogens with two attached hydrogens (primary N) is 1. The van der Waals surface area contributed by atoms with Gasteiger partial charge in [0, 0.05) is 0 Å². The molecule has 1 heterocycles. The van der Waals surface area contributed by atoms with Crippen molar-refractivity contribution in [3.8, 4) is 11.3 Å². The number of hydrogen-bond acceptors (Lipinski definition) is 4. The van der Waals surface area contributed by atoms with E-state index in [4.69, 9.17) is 5.73 Å². The molecule has 136 valence electrons. The molecule has 1 aliphatic carbocycles. The van der Waals surface area contributed by atoms with Gasteiger partial charge in [0.1, 0.15) is 6.54 Å². The lowest BCUT2D eigenvalue weighted by molar-refractivity contribution is -0.118. The predicted molar refractivity (Wildman–Crippen MR) is 104 cm³/mol. The van der Waals surface area contributed by atoms with E-state index >= 15 is 0 Å². The van der Waals surface area contributed by atoms with E-state index in [1.807, 2.05) is 60.7 Å². The van der Waals surface area contributed by atoms with Crippen LogP contribution in [0.15, 0.2) is 71.7 Å². The largest absolute Gasteiger partial charge is 0.368 e. The lowest BCUT2D eigenvalue weighted by Crippen LogP contribution is -2.33. The molecular weight excluding hydrogens is 340 g/mol. The fraction of sp³-hybridized carbons (Fsp3) is 0.190. The Morgan fingerprint density at radius 1 is 1.07 bits per heavy atom. The van der Waals surface area contributed by atoms with Gasteiger partial charge in [-0.15, -0.1) is 0 Å². The molecule has 1 saturated carbocycles. The number of anilines is 1. The molecule has 0 radical (unpaired) electrons. The highest BCUT2D eigenvalue weighted by atomic mass is 16.2. The van der Waals surface area contributed by atoms with Gasteiger partial charge >= 0.3 is 0 Å². The number of primary amides is 1. The summed E-state index contributed by atoms with van der Waals surface area (Å²) in [7, 11) is 0. The molecule has 6 heteroatoms. The van der Waals surface area contributed by atoms with Crippen LogP contribution in [0.2, 0.25) is 0 Å². The van der Waals surface area contributed by atoms with E-state index in [0.29, 0.717) is 5.69 Å². The maximum atomic E-state index is 13.1. The van der Waals surface area contributed by atoms with Crippen molar-refractivity contribution in [1.29, 1.82) is 0 Å². The van der Waals surface area contributed by atoms with Crippen LogP contribution in [-0.4, -0.2) is 15.5 Å². The number of rotatable bonds is 6. The van der Waals surface area contributed by atoms with E-state index in [9.17, 15) is 9.59 Å². The van der Waals surface area contributed by atoms with Gasteiger partial charge in [0.2, 0.25) is 5.91 Å². The molecule has 1 fully saturated rings. The second kappa shape index (κ2) is 6.72. The van der Waals surface area contributed by atoms with Crippen molar-refractivity contribution in [2.24, 2.45) is 5.73 Å². The lowest BCUT2D eigenvalue weighted by Gasteiger charge is -2.20. The van der Waals surface area contributed by atoms with Gasteiger partial charge in [-0.2, -0.15) is 0 Å². The molecule has 0 unspecified atom stereocenters. The molecule has 1 aromatic heterocycles. The van der Waals surface area contributed by atoms with Crippen LogP contribution in [-0.2, 0) is 16.9 Å².